The molecule has 0 bridgehead atoms. The number of fused-ring (bicyclic) bond motifs is 4. The molecule has 1 aliphatic heterocycles. The van der Waals surface area contributed by atoms with Crippen LogP contribution in [-0.4, -0.2) is 23.7 Å². The van der Waals surface area contributed by atoms with Crippen LogP contribution < -0.4 is 20.9 Å². The van der Waals surface area contributed by atoms with Gasteiger partial charge in [-0.1, -0.05) is 31.2 Å². The molecule has 6 nitrogen and oxygen atoms in total. The van der Waals surface area contributed by atoms with Gasteiger partial charge < -0.3 is 20.9 Å². The van der Waals surface area contributed by atoms with E-state index >= 15 is 0 Å². The molecule has 29 heavy (non-hydrogen) atoms. The third-order valence-electron chi connectivity index (χ3n) is 5.59. The van der Waals surface area contributed by atoms with E-state index in [9.17, 15) is 0 Å². The first-order chi connectivity index (χ1) is 14.0. The summed E-state index contributed by atoms with van der Waals surface area (Å²) in [5.41, 5.74) is 16.3. The van der Waals surface area contributed by atoms with Gasteiger partial charge in [-0.05, 0) is 46.5 Å². The predicted molar refractivity (Wildman–Crippen MR) is 116 cm³/mol. The number of rotatable bonds is 3. The van der Waals surface area contributed by atoms with Crippen molar-refractivity contribution in [3.05, 3.63) is 59.2 Å². The van der Waals surface area contributed by atoms with E-state index in [4.69, 9.17) is 20.9 Å². The maximum absolute atomic E-state index is 6.14. The van der Waals surface area contributed by atoms with Gasteiger partial charge in [0.05, 0.1) is 24.6 Å². The molecular formula is C23H22N4O2. The van der Waals surface area contributed by atoms with Crippen molar-refractivity contribution in [1.29, 1.82) is 0 Å². The minimum atomic E-state index is 0.173. The normalized spacial score (nSPS) is 15.4. The highest BCUT2D eigenvalue weighted by Crippen LogP contribution is 2.44. The monoisotopic (exact) mass is 386 g/mol. The maximum Gasteiger partial charge on any atom is 0.222 e. The summed E-state index contributed by atoms with van der Waals surface area (Å²) < 4.78 is 11.3. The molecule has 0 radical (unpaired) electrons. The number of methoxy groups -OCH3 is 1. The summed E-state index contributed by atoms with van der Waals surface area (Å²) in [6, 6.07) is 14.7. The van der Waals surface area contributed by atoms with E-state index in [1.807, 2.05) is 12.1 Å². The van der Waals surface area contributed by atoms with Gasteiger partial charge in [0, 0.05) is 11.5 Å². The fourth-order valence-corrected chi connectivity index (χ4v) is 4.23. The Kier molecular flexibility index (Phi) is 3.94. The van der Waals surface area contributed by atoms with Crippen molar-refractivity contribution < 1.29 is 9.47 Å². The second kappa shape index (κ2) is 6.51. The summed E-state index contributed by atoms with van der Waals surface area (Å²) in [7, 11) is 1.68. The van der Waals surface area contributed by atoms with E-state index < -0.39 is 0 Å². The van der Waals surface area contributed by atoms with Crippen molar-refractivity contribution in [2.24, 2.45) is 0 Å². The molecule has 0 spiro atoms. The number of nitrogen functional groups attached to an aromatic ring is 2. The third-order valence-corrected chi connectivity index (χ3v) is 5.59. The third kappa shape index (κ3) is 2.88. The fraction of sp³-hybridized carbons (Fsp3) is 0.217. The Morgan fingerprint density at radius 1 is 1.07 bits per heavy atom. The lowest BCUT2D eigenvalue weighted by molar-refractivity contribution is 0.340. The SMILES string of the molecule is COc1ccc2cc(Cc3cc4nc(N)nc(N)c4c4c3C(C)CO4)ccc2c1. The number of ether oxygens (including phenoxy) is 2. The first kappa shape index (κ1) is 17.6. The Bertz CT molecular complexity index is 1270. The molecule has 0 fully saturated rings. The topological polar surface area (TPSA) is 96.3 Å². The Labute approximate surface area is 168 Å². The summed E-state index contributed by atoms with van der Waals surface area (Å²) in [4.78, 5) is 8.52. The molecule has 6 heteroatoms. The Balaban J connectivity index is 1.63. The van der Waals surface area contributed by atoms with Crippen LogP contribution in [0.3, 0.4) is 0 Å². The number of benzene rings is 3. The van der Waals surface area contributed by atoms with Crippen molar-refractivity contribution in [3.8, 4) is 11.5 Å². The van der Waals surface area contributed by atoms with Crippen molar-refractivity contribution in [2.75, 3.05) is 25.2 Å². The maximum atomic E-state index is 6.14. The summed E-state index contributed by atoms with van der Waals surface area (Å²) in [5.74, 6) is 2.48. The Morgan fingerprint density at radius 2 is 1.86 bits per heavy atom. The molecule has 1 aromatic heterocycles. The Morgan fingerprint density at radius 3 is 2.69 bits per heavy atom. The van der Waals surface area contributed by atoms with Crippen LogP contribution in [0.5, 0.6) is 11.5 Å². The lowest BCUT2D eigenvalue weighted by atomic mass is 9.90. The minimum Gasteiger partial charge on any atom is -0.497 e. The number of aromatic nitrogens is 2. The molecule has 1 atom stereocenters. The molecule has 0 aliphatic carbocycles. The smallest absolute Gasteiger partial charge is 0.222 e. The van der Waals surface area contributed by atoms with Gasteiger partial charge in [0.15, 0.2) is 0 Å². The Hall–Kier alpha value is -3.54. The van der Waals surface area contributed by atoms with Crippen LogP contribution in [0.4, 0.5) is 11.8 Å². The molecule has 1 aliphatic rings. The molecule has 0 saturated heterocycles. The average Bonchev–Trinajstić information content (AvgIpc) is 3.09. The second-order valence-electron chi connectivity index (χ2n) is 7.58. The van der Waals surface area contributed by atoms with E-state index in [-0.39, 0.29) is 11.9 Å². The van der Waals surface area contributed by atoms with Crippen molar-refractivity contribution in [2.45, 2.75) is 19.3 Å². The highest BCUT2D eigenvalue weighted by atomic mass is 16.5. The second-order valence-corrected chi connectivity index (χ2v) is 7.58. The molecular weight excluding hydrogens is 364 g/mol. The van der Waals surface area contributed by atoms with Gasteiger partial charge in [0.2, 0.25) is 5.95 Å². The summed E-state index contributed by atoms with van der Waals surface area (Å²) in [5, 5.41) is 3.09. The molecule has 4 N–H and O–H groups in total. The van der Waals surface area contributed by atoms with Crippen LogP contribution in [0, 0.1) is 0 Å². The first-order valence-corrected chi connectivity index (χ1v) is 9.61. The molecule has 0 amide bonds. The standard InChI is InChI=1S/C23H22N4O2/c1-12-11-29-21-19(12)16(10-18-20(21)22(24)27-23(25)26-18)8-13-3-4-15-9-17(28-2)6-5-14(15)7-13/h3-7,9-10,12H,8,11H2,1-2H3,(H4,24,25,26,27). The number of hydrogen-bond acceptors (Lipinski definition) is 6. The molecule has 0 saturated carbocycles. The minimum absolute atomic E-state index is 0.173. The van der Waals surface area contributed by atoms with E-state index in [0.717, 1.165) is 34.2 Å². The van der Waals surface area contributed by atoms with Crippen LogP contribution in [0.15, 0.2) is 42.5 Å². The van der Waals surface area contributed by atoms with Gasteiger partial charge >= 0.3 is 0 Å². The van der Waals surface area contributed by atoms with Crippen LogP contribution in [0.1, 0.15) is 29.5 Å². The van der Waals surface area contributed by atoms with Gasteiger partial charge in [0.25, 0.3) is 0 Å². The van der Waals surface area contributed by atoms with E-state index in [0.29, 0.717) is 12.4 Å². The lowest BCUT2D eigenvalue weighted by Crippen LogP contribution is -2.03. The largest absolute Gasteiger partial charge is 0.497 e. The van der Waals surface area contributed by atoms with E-state index in [2.05, 4.69) is 47.2 Å². The summed E-state index contributed by atoms with van der Waals surface area (Å²) >= 11 is 0. The highest BCUT2D eigenvalue weighted by Gasteiger charge is 2.28. The number of nitrogens with zero attached hydrogens (tertiary/aromatic N) is 2. The zero-order valence-electron chi connectivity index (χ0n) is 16.4. The number of hydrogen-bond donors (Lipinski definition) is 2. The summed E-state index contributed by atoms with van der Waals surface area (Å²) in [6.45, 7) is 2.80. The van der Waals surface area contributed by atoms with Gasteiger partial charge in [-0.3, -0.25) is 0 Å². The molecule has 2 heterocycles. The van der Waals surface area contributed by atoms with E-state index in [1.54, 1.807) is 7.11 Å². The highest BCUT2D eigenvalue weighted by molar-refractivity contribution is 5.97. The van der Waals surface area contributed by atoms with Crippen LogP contribution in [0.25, 0.3) is 21.7 Å². The number of nitrogens with two attached hydrogens (primary N) is 2. The average molecular weight is 386 g/mol. The van der Waals surface area contributed by atoms with Crippen molar-refractivity contribution >= 4 is 33.4 Å². The quantitative estimate of drug-likeness (QED) is 0.552. The van der Waals surface area contributed by atoms with Gasteiger partial charge in [-0.2, -0.15) is 4.98 Å². The van der Waals surface area contributed by atoms with Crippen LogP contribution >= 0.6 is 0 Å². The van der Waals surface area contributed by atoms with Crippen LogP contribution in [-0.2, 0) is 6.42 Å². The van der Waals surface area contributed by atoms with Crippen molar-refractivity contribution in [3.63, 3.8) is 0 Å². The van der Waals surface area contributed by atoms with Gasteiger partial charge in [-0.15, -0.1) is 0 Å². The molecule has 4 aromatic rings. The van der Waals surface area contributed by atoms with Crippen molar-refractivity contribution in [1.82, 2.24) is 9.97 Å². The first-order valence-electron chi connectivity index (χ1n) is 9.61. The number of anilines is 2. The van der Waals surface area contributed by atoms with Gasteiger partial charge in [0.1, 0.15) is 17.3 Å². The molecule has 3 aromatic carbocycles. The van der Waals surface area contributed by atoms with E-state index in [1.165, 1.54) is 22.1 Å². The fourth-order valence-electron chi connectivity index (χ4n) is 4.23. The summed E-state index contributed by atoms with van der Waals surface area (Å²) in [6.07, 6.45) is 0.776. The van der Waals surface area contributed by atoms with Gasteiger partial charge in [-0.25, -0.2) is 4.98 Å². The molecule has 146 valence electrons. The molecule has 1 unspecified atom stereocenters. The van der Waals surface area contributed by atoms with Crippen LogP contribution in [0.2, 0.25) is 0 Å². The zero-order chi connectivity index (χ0) is 20.1. The zero-order valence-corrected chi connectivity index (χ0v) is 16.4. The molecule has 5 rings (SSSR count). The lowest BCUT2D eigenvalue weighted by Gasteiger charge is -2.14. The predicted octanol–water partition coefficient (Wildman–Crippen LogP) is 4.04.